The van der Waals surface area contributed by atoms with Gasteiger partial charge in [-0.3, -0.25) is 0 Å². The van der Waals surface area contributed by atoms with Gasteiger partial charge in [-0.25, -0.2) is 9.67 Å². The van der Waals surface area contributed by atoms with E-state index in [4.69, 9.17) is 21.1 Å². The van der Waals surface area contributed by atoms with Crippen LogP contribution < -0.4 is 15.4 Å². The number of hydrogen-bond donors (Lipinski definition) is 2. The largest absolute Gasteiger partial charge is 0.493 e. The van der Waals surface area contributed by atoms with Gasteiger partial charge in [0.1, 0.15) is 5.75 Å². The van der Waals surface area contributed by atoms with Crippen LogP contribution in [0.3, 0.4) is 0 Å². The van der Waals surface area contributed by atoms with Crippen LogP contribution in [0.1, 0.15) is 6.42 Å². The van der Waals surface area contributed by atoms with Gasteiger partial charge >= 0.3 is 0 Å². The van der Waals surface area contributed by atoms with Gasteiger partial charge in [0.25, 0.3) is 0 Å². The van der Waals surface area contributed by atoms with Crippen molar-refractivity contribution in [2.75, 3.05) is 31.6 Å². The third-order valence-electron chi connectivity index (χ3n) is 5.43. The van der Waals surface area contributed by atoms with E-state index in [2.05, 4.69) is 25.7 Å². The molecule has 0 amide bonds. The predicted molar refractivity (Wildman–Crippen MR) is 132 cm³/mol. The Hall–Kier alpha value is -3.46. The highest BCUT2D eigenvalue weighted by atomic mass is 35.5. The molecule has 0 spiro atoms. The van der Waals surface area contributed by atoms with Crippen LogP contribution in [0.25, 0.3) is 17.1 Å². The van der Waals surface area contributed by atoms with Gasteiger partial charge in [-0.1, -0.05) is 23.7 Å². The first-order valence-corrected chi connectivity index (χ1v) is 11.6. The molecule has 1 fully saturated rings. The fourth-order valence-corrected chi connectivity index (χ4v) is 3.77. The van der Waals surface area contributed by atoms with E-state index in [0.717, 1.165) is 48.8 Å². The molecule has 1 unspecified atom stereocenters. The molecule has 0 radical (unpaired) electrons. The summed E-state index contributed by atoms with van der Waals surface area (Å²) < 4.78 is 13.3. The Labute approximate surface area is 202 Å². The number of aromatic nitrogens is 4. The van der Waals surface area contributed by atoms with E-state index < -0.39 is 0 Å². The number of nitrogens with one attached hydrogen (secondary N) is 2. The van der Waals surface area contributed by atoms with Crippen LogP contribution in [0, 0.1) is 0 Å². The van der Waals surface area contributed by atoms with Crippen molar-refractivity contribution >= 4 is 23.2 Å². The van der Waals surface area contributed by atoms with Gasteiger partial charge < -0.3 is 20.1 Å². The number of benzene rings is 2. The maximum absolute atomic E-state index is 5.98. The molecule has 1 aliphatic heterocycles. The van der Waals surface area contributed by atoms with E-state index in [-0.39, 0.29) is 6.10 Å². The normalized spacial score (nSPS) is 15.7. The van der Waals surface area contributed by atoms with Gasteiger partial charge in [0.2, 0.25) is 5.95 Å². The molecule has 2 aromatic heterocycles. The van der Waals surface area contributed by atoms with E-state index in [1.807, 2.05) is 66.9 Å². The molecule has 8 nitrogen and oxygen atoms in total. The molecule has 34 heavy (non-hydrogen) atoms. The molecule has 5 rings (SSSR count). The Morgan fingerprint density at radius 2 is 1.94 bits per heavy atom. The Morgan fingerprint density at radius 1 is 1.09 bits per heavy atom. The van der Waals surface area contributed by atoms with Crippen LogP contribution >= 0.6 is 11.6 Å². The average molecular weight is 477 g/mol. The van der Waals surface area contributed by atoms with Crippen LogP contribution in [0.15, 0.2) is 73.1 Å². The second-order valence-electron chi connectivity index (χ2n) is 7.87. The number of hydrogen-bond acceptors (Lipinski definition) is 7. The molecule has 0 aliphatic carbocycles. The quantitative estimate of drug-likeness (QED) is 0.387. The number of nitrogens with zero attached hydrogens (tertiary/aromatic N) is 4. The Balaban J connectivity index is 1.19. The number of anilines is 2. The van der Waals surface area contributed by atoms with Crippen LogP contribution in [0.2, 0.25) is 5.02 Å². The minimum absolute atomic E-state index is 0.219. The highest BCUT2D eigenvalue weighted by Gasteiger charge is 2.13. The Bertz CT molecular complexity index is 1210. The lowest BCUT2D eigenvalue weighted by atomic mass is 10.2. The molecule has 1 saturated heterocycles. The van der Waals surface area contributed by atoms with E-state index in [9.17, 15) is 0 Å². The van der Waals surface area contributed by atoms with Crippen LogP contribution in [-0.2, 0) is 4.74 Å². The molecule has 2 aromatic carbocycles. The molecule has 2 N–H and O–H groups in total. The van der Waals surface area contributed by atoms with Crippen molar-refractivity contribution in [3.63, 3.8) is 0 Å². The van der Waals surface area contributed by atoms with Crippen molar-refractivity contribution in [1.29, 1.82) is 0 Å². The first-order valence-electron chi connectivity index (χ1n) is 11.2. The third kappa shape index (κ3) is 5.72. The highest BCUT2D eigenvalue weighted by molar-refractivity contribution is 6.30. The maximum Gasteiger partial charge on any atom is 0.229 e. The van der Waals surface area contributed by atoms with Gasteiger partial charge in [0, 0.05) is 54.2 Å². The van der Waals surface area contributed by atoms with Gasteiger partial charge in [-0.2, -0.15) is 10.1 Å². The number of morpholine rings is 1. The van der Waals surface area contributed by atoms with Crippen LogP contribution in [0.4, 0.5) is 11.6 Å². The summed E-state index contributed by atoms with van der Waals surface area (Å²) in [6.07, 6.45) is 4.65. The standard InChI is InChI=1S/C25H25ClN6O2/c26-19-3-1-18(2-4-19)23-10-14-32(31-23)24-9-12-28-25(30-24)29-20-5-7-21(8-6-20)33-15-11-22-17-27-13-16-34-22/h1-10,12,14,22,27H,11,13,15-17H2,(H,28,29,30). The third-order valence-corrected chi connectivity index (χ3v) is 5.68. The minimum Gasteiger partial charge on any atom is -0.493 e. The topological polar surface area (TPSA) is 86.1 Å². The number of halogens is 1. The number of rotatable bonds is 8. The van der Waals surface area contributed by atoms with Crippen molar-refractivity contribution in [2.24, 2.45) is 0 Å². The van der Waals surface area contributed by atoms with Crippen molar-refractivity contribution < 1.29 is 9.47 Å². The summed E-state index contributed by atoms with van der Waals surface area (Å²) >= 11 is 5.98. The molecule has 3 heterocycles. The molecule has 174 valence electrons. The van der Waals surface area contributed by atoms with E-state index in [1.165, 1.54) is 0 Å². The lowest BCUT2D eigenvalue weighted by molar-refractivity contribution is 0.0159. The molecular weight excluding hydrogens is 452 g/mol. The molecule has 1 aliphatic rings. The van der Waals surface area contributed by atoms with E-state index >= 15 is 0 Å². The van der Waals surface area contributed by atoms with Crippen molar-refractivity contribution in [3.05, 3.63) is 78.1 Å². The second-order valence-corrected chi connectivity index (χ2v) is 8.31. The van der Waals surface area contributed by atoms with Gasteiger partial charge in [0.15, 0.2) is 5.82 Å². The summed E-state index contributed by atoms with van der Waals surface area (Å²) in [4.78, 5) is 8.92. The zero-order valence-corrected chi connectivity index (χ0v) is 19.3. The second kappa shape index (κ2) is 10.6. The zero-order chi connectivity index (χ0) is 23.2. The summed E-state index contributed by atoms with van der Waals surface area (Å²) in [7, 11) is 0. The van der Waals surface area contributed by atoms with Crippen molar-refractivity contribution in [2.45, 2.75) is 12.5 Å². The van der Waals surface area contributed by atoms with Crippen LogP contribution in [0.5, 0.6) is 5.75 Å². The van der Waals surface area contributed by atoms with E-state index in [1.54, 1.807) is 10.9 Å². The Morgan fingerprint density at radius 3 is 2.74 bits per heavy atom. The summed E-state index contributed by atoms with van der Waals surface area (Å²) in [5, 5.41) is 11.9. The minimum atomic E-state index is 0.219. The first-order chi connectivity index (χ1) is 16.7. The van der Waals surface area contributed by atoms with Crippen LogP contribution in [-0.4, -0.2) is 52.2 Å². The fourth-order valence-electron chi connectivity index (χ4n) is 3.64. The summed E-state index contributed by atoms with van der Waals surface area (Å²) in [6, 6.07) is 19.1. The SMILES string of the molecule is Clc1ccc(-c2ccn(-c3ccnc(Nc4ccc(OCCC5CNCCO5)cc4)n3)n2)cc1. The Kier molecular flexibility index (Phi) is 6.99. The van der Waals surface area contributed by atoms with E-state index in [0.29, 0.717) is 23.4 Å². The molecular formula is C25H25ClN6O2. The van der Waals surface area contributed by atoms with Crippen molar-refractivity contribution in [1.82, 2.24) is 25.1 Å². The molecule has 0 saturated carbocycles. The predicted octanol–water partition coefficient (Wildman–Crippen LogP) is 4.48. The lowest BCUT2D eigenvalue weighted by Crippen LogP contribution is -2.39. The zero-order valence-electron chi connectivity index (χ0n) is 18.5. The first kappa shape index (κ1) is 22.3. The summed E-state index contributed by atoms with van der Waals surface area (Å²) in [5.74, 6) is 1.96. The smallest absolute Gasteiger partial charge is 0.229 e. The van der Waals surface area contributed by atoms with Gasteiger partial charge in [-0.05, 0) is 42.5 Å². The maximum atomic E-state index is 5.98. The molecule has 9 heteroatoms. The summed E-state index contributed by atoms with van der Waals surface area (Å²) in [5.41, 5.74) is 2.69. The molecule has 0 bridgehead atoms. The fraction of sp³-hybridized carbons (Fsp3) is 0.240. The van der Waals surface area contributed by atoms with Gasteiger partial charge in [0.05, 0.1) is 25.0 Å². The average Bonchev–Trinajstić information content (AvgIpc) is 3.37. The monoisotopic (exact) mass is 476 g/mol. The summed E-state index contributed by atoms with van der Waals surface area (Å²) in [6.45, 7) is 3.18. The number of ether oxygens (including phenoxy) is 2. The molecule has 4 aromatic rings. The lowest BCUT2D eigenvalue weighted by Gasteiger charge is -2.23. The van der Waals surface area contributed by atoms with Gasteiger partial charge in [-0.15, -0.1) is 0 Å². The van der Waals surface area contributed by atoms with Crippen molar-refractivity contribution in [3.8, 4) is 22.8 Å². The highest BCUT2D eigenvalue weighted by Crippen LogP contribution is 2.22. The molecule has 1 atom stereocenters.